The first kappa shape index (κ1) is 5.50. The first-order valence-corrected chi connectivity index (χ1v) is 2.81. The van der Waals surface area contributed by atoms with Gasteiger partial charge in [0.15, 0.2) is 0 Å². The number of anilines is 1. The van der Waals surface area contributed by atoms with Crippen LogP contribution < -0.4 is 5.73 Å². The average molecular weight is 174 g/mol. The molecule has 1 heterocycles. The molecule has 0 aromatic carbocycles. The van der Waals surface area contributed by atoms with Crippen LogP contribution in [-0.4, -0.2) is 9.97 Å². The lowest BCUT2D eigenvalue weighted by molar-refractivity contribution is 1.16. The number of hydrogen-bond donors (Lipinski definition) is 1. The van der Waals surface area contributed by atoms with Crippen LogP contribution in [-0.2, 0) is 0 Å². The Morgan fingerprint density at radius 2 is 2.38 bits per heavy atom. The normalized spacial score (nSPS) is 9.12. The minimum atomic E-state index is 0.472. The van der Waals surface area contributed by atoms with Gasteiger partial charge in [0.1, 0.15) is 12.1 Å². The van der Waals surface area contributed by atoms with E-state index in [9.17, 15) is 0 Å². The van der Waals surface area contributed by atoms with Gasteiger partial charge in [-0.1, -0.05) is 0 Å². The zero-order valence-electron chi connectivity index (χ0n) is 4.00. The molecule has 2 N–H and O–H groups in total. The molecule has 0 atom stereocenters. The molecular formula is C4H4BrN3. The van der Waals surface area contributed by atoms with Gasteiger partial charge in [0.25, 0.3) is 0 Å². The second kappa shape index (κ2) is 2.09. The summed E-state index contributed by atoms with van der Waals surface area (Å²) < 4.78 is 0.736. The molecule has 0 aliphatic rings. The number of nitrogens with two attached hydrogens (primary N) is 1. The Kier molecular flexibility index (Phi) is 1.43. The molecule has 3 nitrogen and oxygen atoms in total. The van der Waals surface area contributed by atoms with Crippen LogP contribution in [0.1, 0.15) is 0 Å². The van der Waals surface area contributed by atoms with E-state index in [1.165, 1.54) is 6.33 Å². The van der Waals surface area contributed by atoms with Gasteiger partial charge in [0, 0.05) is 6.20 Å². The van der Waals surface area contributed by atoms with Crippen LogP contribution in [0.25, 0.3) is 0 Å². The Labute approximate surface area is 55.1 Å². The van der Waals surface area contributed by atoms with Gasteiger partial charge in [-0.15, -0.1) is 0 Å². The second-order valence-corrected chi connectivity index (χ2v) is 2.11. The van der Waals surface area contributed by atoms with Gasteiger partial charge in [0.2, 0.25) is 0 Å². The number of hydrogen-bond acceptors (Lipinski definition) is 3. The third-order valence-electron chi connectivity index (χ3n) is 0.696. The highest BCUT2D eigenvalue weighted by Gasteiger charge is 1.89. The summed E-state index contributed by atoms with van der Waals surface area (Å²) in [5.74, 6) is 0.472. The van der Waals surface area contributed by atoms with E-state index in [1.807, 2.05) is 0 Å². The highest BCUT2D eigenvalue weighted by Crippen LogP contribution is 2.11. The van der Waals surface area contributed by atoms with E-state index in [-0.39, 0.29) is 0 Å². The minimum Gasteiger partial charge on any atom is -0.383 e. The smallest absolute Gasteiger partial charge is 0.141 e. The van der Waals surface area contributed by atoms with E-state index in [2.05, 4.69) is 25.9 Å². The van der Waals surface area contributed by atoms with Crippen LogP contribution in [0.5, 0.6) is 0 Å². The summed E-state index contributed by atoms with van der Waals surface area (Å²) in [6, 6.07) is 0. The van der Waals surface area contributed by atoms with Crippen LogP contribution in [0.4, 0.5) is 5.82 Å². The summed E-state index contributed by atoms with van der Waals surface area (Å²) in [6.07, 6.45) is 3.00. The van der Waals surface area contributed by atoms with Crippen LogP contribution in [0.15, 0.2) is 17.0 Å². The standard InChI is InChI=1S/C4H4BrN3/c5-3-1-7-2-8-4(3)6/h1-2H,(H2,6,7,8). The predicted octanol–water partition coefficient (Wildman–Crippen LogP) is 0.821. The van der Waals surface area contributed by atoms with Crippen molar-refractivity contribution >= 4 is 21.7 Å². The maximum Gasteiger partial charge on any atom is 0.141 e. The Bertz CT molecular complexity index is 167. The Hall–Kier alpha value is -0.640. The van der Waals surface area contributed by atoms with Gasteiger partial charge in [0.05, 0.1) is 4.47 Å². The molecule has 0 saturated carbocycles. The van der Waals surface area contributed by atoms with Crippen molar-refractivity contribution in [3.63, 3.8) is 0 Å². The number of nitrogen functional groups attached to an aromatic ring is 1. The van der Waals surface area contributed by atoms with Crippen molar-refractivity contribution < 1.29 is 0 Å². The molecule has 8 heavy (non-hydrogen) atoms. The third-order valence-corrected chi connectivity index (χ3v) is 1.31. The molecule has 4 heteroatoms. The number of rotatable bonds is 0. The van der Waals surface area contributed by atoms with Gasteiger partial charge >= 0.3 is 0 Å². The molecule has 1 aromatic heterocycles. The third kappa shape index (κ3) is 0.949. The van der Waals surface area contributed by atoms with Crippen LogP contribution in [0.2, 0.25) is 0 Å². The quantitative estimate of drug-likeness (QED) is 0.633. The van der Waals surface area contributed by atoms with Gasteiger partial charge in [-0.05, 0) is 15.9 Å². The minimum absolute atomic E-state index is 0.472. The molecule has 1 aromatic rings. The predicted molar refractivity (Wildman–Crippen MR) is 34.1 cm³/mol. The van der Waals surface area contributed by atoms with Crippen LogP contribution in [0, 0.1) is 0 Å². The first-order valence-electron chi connectivity index (χ1n) is 2.01. The maximum atomic E-state index is 5.32. The van der Waals surface area contributed by atoms with Gasteiger partial charge < -0.3 is 5.73 Å². The summed E-state index contributed by atoms with van der Waals surface area (Å²) in [7, 11) is 0. The van der Waals surface area contributed by atoms with E-state index < -0.39 is 0 Å². The molecule has 0 saturated heterocycles. The summed E-state index contributed by atoms with van der Waals surface area (Å²) in [6.45, 7) is 0. The fraction of sp³-hybridized carbons (Fsp3) is 0. The van der Waals surface area contributed by atoms with Crippen molar-refractivity contribution in [2.24, 2.45) is 0 Å². The molecule has 0 aliphatic carbocycles. The topological polar surface area (TPSA) is 51.8 Å². The van der Waals surface area contributed by atoms with E-state index in [4.69, 9.17) is 5.73 Å². The first-order chi connectivity index (χ1) is 3.80. The van der Waals surface area contributed by atoms with Crippen molar-refractivity contribution in [3.05, 3.63) is 17.0 Å². The van der Waals surface area contributed by atoms with Crippen LogP contribution in [0.3, 0.4) is 0 Å². The molecule has 0 amide bonds. The van der Waals surface area contributed by atoms with Crippen molar-refractivity contribution in [2.75, 3.05) is 5.73 Å². The van der Waals surface area contributed by atoms with E-state index in [0.29, 0.717) is 5.82 Å². The van der Waals surface area contributed by atoms with Gasteiger partial charge in [-0.25, -0.2) is 9.97 Å². The van der Waals surface area contributed by atoms with E-state index >= 15 is 0 Å². The molecule has 0 bridgehead atoms. The number of halogens is 1. The molecule has 1 rings (SSSR count). The van der Waals surface area contributed by atoms with E-state index in [1.54, 1.807) is 6.20 Å². The Morgan fingerprint density at radius 1 is 1.62 bits per heavy atom. The fourth-order valence-electron chi connectivity index (χ4n) is 0.322. The van der Waals surface area contributed by atoms with Crippen molar-refractivity contribution in [3.8, 4) is 0 Å². The largest absolute Gasteiger partial charge is 0.383 e. The highest BCUT2D eigenvalue weighted by atomic mass is 79.9. The second-order valence-electron chi connectivity index (χ2n) is 1.26. The van der Waals surface area contributed by atoms with E-state index in [0.717, 1.165) is 4.47 Å². The van der Waals surface area contributed by atoms with Gasteiger partial charge in [-0.3, -0.25) is 0 Å². The van der Waals surface area contributed by atoms with Crippen molar-refractivity contribution in [1.82, 2.24) is 9.97 Å². The fourth-order valence-corrected chi connectivity index (χ4v) is 0.543. The average Bonchev–Trinajstić information content (AvgIpc) is 1.77. The Balaban J connectivity index is 3.13. The van der Waals surface area contributed by atoms with Crippen LogP contribution >= 0.6 is 15.9 Å². The lowest BCUT2D eigenvalue weighted by Gasteiger charge is -1.89. The zero-order valence-corrected chi connectivity index (χ0v) is 5.59. The van der Waals surface area contributed by atoms with Gasteiger partial charge in [-0.2, -0.15) is 0 Å². The van der Waals surface area contributed by atoms with Crippen molar-refractivity contribution in [2.45, 2.75) is 0 Å². The molecule has 42 valence electrons. The lowest BCUT2D eigenvalue weighted by atomic mass is 10.6. The maximum absolute atomic E-state index is 5.32. The SMILES string of the molecule is Nc1ncncc1Br. The molecule has 0 radical (unpaired) electrons. The molecular weight excluding hydrogens is 170 g/mol. The molecule has 0 spiro atoms. The molecule has 0 fully saturated rings. The molecule has 0 unspecified atom stereocenters. The van der Waals surface area contributed by atoms with Crippen molar-refractivity contribution in [1.29, 1.82) is 0 Å². The summed E-state index contributed by atoms with van der Waals surface area (Å²) >= 11 is 3.15. The number of nitrogens with zero attached hydrogens (tertiary/aromatic N) is 2. The Morgan fingerprint density at radius 3 is 2.75 bits per heavy atom. The zero-order chi connectivity index (χ0) is 5.98. The number of aromatic nitrogens is 2. The summed E-state index contributed by atoms with van der Waals surface area (Å²) in [5.41, 5.74) is 5.32. The lowest BCUT2D eigenvalue weighted by Crippen LogP contribution is -1.90. The summed E-state index contributed by atoms with van der Waals surface area (Å²) in [4.78, 5) is 7.41. The molecule has 0 aliphatic heterocycles. The highest BCUT2D eigenvalue weighted by molar-refractivity contribution is 9.10. The monoisotopic (exact) mass is 173 g/mol. The summed E-state index contributed by atoms with van der Waals surface area (Å²) in [5, 5.41) is 0.